The van der Waals surface area contributed by atoms with Crippen LogP contribution in [-0.4, -0.2) is 18.8 Å². The average molecular weight is 312 g/mol. The predicted molar refractivity (Wildman–Crippen MR) is 88.8 cm³/mol. The summed E-state index contributed by atoms with van der Waals surface area (Å²) in [5, 5.41) is 9.09. The van der Waals surface area contributed by atoms with Gasteiger partial charge in [-0.15, -0.1) is 0 Å². The van der Waals surface area contributed by atoms with Crippen LogP contribution in [0.25, 0.3) is 11.3 Å². The van der Waals surface area contributed by atoms with Gasteiger partial charge in [-0.3, -0.25) is 4.79 Å². The Balaban J connectivity index is 2.66. The summed E-state index contributed by atoms with van der Waals surface area (Å²) >= 11 is 0. The van der Waals surface area contributed by atoms with Crippen molar-refractivity contribution in [3.63, 3.8) is 0 Å². The molecule has 0 saturated heterocycles. The van der Waals surface area contributed by atoms with Gasteiger partial charge in [0.25, 0.3) is 5.56 Å². The van der Waals surface area contributed by atoms with Crippen molar-refractivity contribution >= 4 is 0 Å². The minimum Gasteiger partial charge on any atom is -0.493 e. The highest BCUT2D eigenvalue weighted by atomic mass is 16.5. The SMILES string of the molecule is COc1ccc(-c2ccc(C#N)c(=O)n2CC(C)C)cc1OC. The Morgan fingerprint density at radius 2 is 1.83 bits per heavy atom. The van der Waals surface area contributed by atoms with Crippen LogP contribution in [-0.2, 0) is 6.54 Å². The summed E-state index contributed by atoms with van der Waals surface area (Å²) in [6, 6.07) is 10.8. The van der Waals surface area contributed by atoms with Crippen molar-refractivity contribution in [3.8, 4) is 28.8 Å². The molecule has 120 valence electrons. The first-order valence-electron chi connectivity index (χ1n) is 7.38. The summed E-state index contributed by atoms with van der Waals surface area (Å²) in [7, 11) is 3.15. The molecule has 0 aliphatic rings. The maximum Gasteiger partial charge on any atom is 0.268 e. The molecular formula is C18H20N2O3. The van der Waals surface area contributed by atoms with Gasteiger partial charge in [0.15, 0.2) is 11.5 Å². The fraction of sp³-hybridized carbons (Fsp3) is 0.333. The molecule has 0 spiro atoms. The van der Waals surface area contributed by atoms with E-state index in [1.54, 1.807) is 37.0 Å². The van der Waals surface area contributed by atoms with E-state index >= 15 is 0 Å². The molecule has 0 unspecified atom stereocenters. The quantitative estimate of drug-likeness (QED) is 0.851. The van der Waals surface area contributed by atoms with Gasteiger partial charge in [-0.2, -0.15) is 5.26 Å². The van der Waals surface area contributed by atoms with E-state index in [9.17, 15) is 4.79 Å². The molecular weight excluding hydrogens is 292 g/mol. The molecule has 1 heterocycles. The number of rotatable bonds is 5. The van der Waals surface area contributed by atoms with E-state index in [1.807, 2.05) is 32.0 Å². The number of pyridine rings is 1. The van der Waals surface area contributed by atoms with Crippen molar-refractivity contribution in [2.75, 3.05) is 14.2 Å². The molecule has 2 rings (SSSR count). The lowest BCUT2D eigenvalue weighted by molar-refractivity contribution is 0.355. The Hall–Kier alpha value is -2.74. The highest BCUT2D eigenvalue weighted by Crippen LogP contribution is 2.32. The van der Waals surface area contributed by atoms with Gasteiger partial charge in [-0.05, 0) is 36.2 Å². The summed E-state index contributed by atoms with van der Waals surface area (Å²) < 4.78 is 12.2. The van der Waals surface area contributed by atoms with Crippen LogP contribution in [0.3, 0.4) is 0 Å². The van der Waals surface area contributed by atoms with E-state index < -0.39 is 0 Å². The largest absolute Gasteiger partial charge is 0.493 e. The summed E-state index contributed by atoms with van der Waals surface area (Å²) in [4.78, 5) is 12.5. The molecule has 0 aliphatic heterocycles. The highest BCUT2D eigenvalue weighted by molar-refractivity contribution is 5.65. The van der Waals surface area contributed by atoms with E-state index in [1.165, 1.54) is 0 Å². The van der Waals surface area contributed by atoms with E-state index in [0.717, 1.165) is 11.3 Å². The van der Waals surface area contributed by atoms with Gasteiger partial charge in [-0.25, -0.2) is 0 Å². The molecule has 0 N–H and O–H groups in total. The van der Waals surface area contributed by atoms with Crippen LogP contribution < -0.4 is 15.0 Å². The van der Waals surface area contributed by atoms with Crippen molar-refractivity contribution in [3.05, 3.63) is 46.2 Å². The molecule has 2 aromatic rings. The summed E-state index contributed by atoms with van der Waals surface area (Å²) in [6.07, 6.45) is 0. The third-order valence-electron chi connectivity index (χ3n) is 3.52. The maximum atomic E-state index is 12.5. The molecule has 0 fully saturated rings. The average Bonchev–Trinajstić information content (AvgIpc) is 2.55. The molecule has 1 aromatic carbocycles. The normalized spacial score (nSPS) is 10.4. The van der Waals surface area contributed by atoms with Gasteiger partial charge in [0, 0.05) is 12.1 Å². The number of methoxy groups -OCH3 is 2. The second kappa shape index (κ2) is 7.01. The molecule has 0 atom stereocenters. The van der Waals surface area contributed by atoms with Crippen LogP contribution in [0.15, 0.2) is 35.1 Å². The fourth-order valence-corrected chi connectivity index (χ4v) is 2.46. The van der Waals surface area contributed by atoms with Gasteiger partial charge >= 0.3 is 0 Å². The minimum atomic E-state index is -0.270. The monoisotopic (exact) mass is 312 g/mol. The lowest BCUT2D eigenvalue weighted by Gasteiger charge is -2.16. The Kier molecular flexibility index (Phi) is 5.07. The third kappa shape index (κ3) is 3.37. The second-order valence-electron chi connectivity index (χ2n) is 5.62. The molecule has 5 nitrogen and oxygen atoms in total. The van der Waals surface area contributed by atoms with Crippen LogP contribution in [0.2, 0.25) is 0 Å². The molecule has 23 heavy (non-hydrogen) atoms. The van der Waals surface area contributed by atoms with E-state index in [0.29, 0.717) is 18.0 Å². The van der Waals surface area contributed by atoms with Crippen LogP contribution in [0, 0.1) is 17.2 Å². The van der Waals surface area contributed by atoms with Crippen LogP contribution in [0.4, 0.5) is 0 Å². The van der Waals surface area contributed by atoms with Crippen molar-refractivity contribution in [1.82, 2.24) is 4.57 Å². The predicted octanol–water partition coefficient (Wildman–Crippen LogP) is 3.06. The lowest BCUT2D eigenvalue weighted by atomic mass is 10.1. The number of nitrogens with zero attached hydrogens (tertiary/aromatic N) is 2. The van der Waals surface area contributed by atoms with Gasteiger partial charge < -0.3 is 14.0 Å². The Morgan fingerprint density at radius 1 is 1.13 bits per heavy atom. The van der Waals surface area contributed by atoms with Crippen LogP contribution >= 0.6 is 0 Å². The maximum absolute atomic E-state index is 12.5. The fourth-order valence-electron chi connectivity index (χ4n) is 2.46. The first-order valence-corrected chi connectivity index (χ1v) is 7.38. The Morgan fingerprint density at radius 3 is 2.39 bits per heavy atom. The van der Waals surface area contributed by atoms with Crippen LogP contribution in [0.1, 0.15) is 19.4 Å². The molecule has 5 heteroatoms. The van der Waals surface area contributed by atoms with Gasteiger partial charge in [0.1, 0.15) is 11.6 Å². The molecule has 0 saturated carbocycles. The summed E-state index contributed by atoms with van der Waals surface area (Å²) in [5.74, 6) is 1.50. The smallest absolute Gasteiger partial charge is 0.268 e. The van der Waals surface area contributed by atoms with Gasteiger partial charge in [0.05, 0.1) is 19.9 Å². The number of ether oxygens (including phenoxy) is 2. The molecule has 0 amide bonds. The number of hydrogen-bond acceptors (Lipinski definition) is 4. The first kappa shape index (κ1) is 16.6. The molecule has 0 bridgehead atoms. The zero-order valence-corrected chi connectivity index (χ0v) is 13.8. The van der Waals surface area contributed by atoms with Crippen molar-refractivity contribution in [1.29, 1.82) is 5.26 Å². The van der Waals surface area contributed by atoms with Crippen molar-refractivity contribution in [2.45, 2.75) is 20.4 Å². The number of hydrogen-bond donors (Lipinski definition) is 0. The van der Waals surface area contributed by atoms with Crippen molar-refractivity contribution in [2.24, 2.45) is 5.92 Å². The first-order chi connectivity index (χ1) is 11.0. The number of nitriles is 1. The van der Waals surface area contributed by atoms with Gasteiger partial charge in [-0.1, -0.05) is 13.8 Å². The minimum absolute atomic E-state index is 0.148. The lowest BCUT2D eigenvalue weighted by Crippen LogP contribution is -2.26. The zero-order chi connectivity index (χ0) is 17.0. The second-order valence-corrected chi connectivity index (χ2v) is 5.62. The number of benzene rings is 1. The Labute approximate surface area is 135 Å². The van der Waals surface area contributed by atoms with Crippen LogP contribution in [0.5, 0.6) is 11.5 Å². The summed E-state index contributed by atoms with van der Waals surface area (Å²) in [5.41, 5.74) is 1.47. The topological polar surface area (TPSA) is 64.2 Å². The molecule has 1 aromatic heterocycles. The molecule has 0 radical (unpaired) electrons. The highest BCUT2D eigenvalue weighted by Gasteiger charge is 2.13. The van der Waals surface area contributed by atoms with E-state index in [-0.39, 0.29) is 17.0 Å². The van der Waals surface area contributed by atoms with E-state index in [2.05, 4.69) is 0 Å². The van der Waals surface area contributed by atoms with Crippen molar-refractivity contribution < 1.29 is 9.47 Å². The zero-order valence-electron chi connectivity index (χ0n) is 13.8. The van der Waals surface area contributed by atoms with Gasteiger partial charge in [0.2, 0.25) is 0 Å². The third-order valence-corrected chi connectivity index (χ3v) is 3.52. The number of aromatic nitrogens is 1. The Bertz CT molecular complexity index is 801. The summed E-state index contributed by atoms with van der Waals surface area (Å²) in [6.45, 7) is 4.60. The molecule has 0 aliphatic carbocycles. The standard InChI is InChI=1S/C18H20N2O3/c1-12(2)11-20-15(7-5-14(10-19)18(20)21)13-6-8-16(22-3)17(9-13)23-4/h5-9,12H,11H2,1-4H3. The van der Waals surface area contributed by atoms with E-state index in [4.69, 9.17) is 14.7 Å².